The van der Waals surface area contributed by atoms with Crippen LogP contribution in [0.4, 0.5) is 0 Å². The lowest BCUT2D eigenvalue weighted by molar-refractivity contribution is 0.0779. The summed E-state index contributed by atoms with van der Waals surface area (Å²) in [6, 6.07) is 6.54. The summed E-state index contributed by atoms with van der Waals surface area (Å²) < 4.78 is 0. The van der Waals surface area contributed by atoms with Gasteiger partial charge in [0, 0.05) is 19.8 Å². The first-order valence-electron chi connectivity index (χ1n) is 5.65. The van der Waals surface area contributed by atoms with Gasteiger partial charge in [-0.05, 0) is 23.8 Å². The molecule has 0 aliphatic rings. The van der Waals surface area contributed by atoms with E-state index in [2.05, 4.69) is 9.97 Å². The van der Waals surface area contributed by atoms with E-state index in [4.69, 9.17) is 34.8 Å². The van der Waals surface area contributed by atoms with Crippen LogP contribution in [-0.4, -0.2) is 27.8 Å². The molecule has 0 fully saturated rings. The summed E-state index contributed by atoms with van der Waals surface area (Å²) in [4.78, 5) is 21.7. The number of hydrogen-bond donors (Lipinski definition) is 0. The molecule has 2 aromatic heterocycles. The Morgan fingerprint density at radius 2 is 1.85 bits per heavy atom. The lowest BCUT2D eigenvalue weighted by atomic mass is 10.2. The molecule has 7 heteroatoms. The largest absolute Gasteiger partial charge is 0.336 e. The van der Waals surface area contributed by atoms with Crippen molar-refractivity contribution in [1.29, 1.82) is 0 Å². The van der Waals surface area contributed by atoms with E-state index in [9.17, 15) is 4.79 Å². The Labute approximate surface area is 131 Å². The molecule has 0 unspecified atom stereocenters. The zero-order valence-corrected chi connectivity index (χ0v) is 12.7. The van der Waals surface area contributed by atoms with Gasteiger partial charge in [-0.25, -0.2) is 9.97 Å². The molecule has 2 rings (SSSR count). The molecule has 0 aliphatic heterocycles. The number of halogens is 3. The Balaban J connectivity index is 2.16. The molecule has 0 N–H and O–H groups in total. The van der Waals surface area contributed by atoms with Crippen LogP contribution in [0.1, 0.15) is 16.1 Å². The van der Waals surface area contributed by atoms with Crippen LogP contribution in [0.2, 0.25) is 15.3 Å². The van der Waals surface area contributed by atoms with Crippen LogP contribution in [0.5, 0.6) is 0 Å². The highest BCUT2D eigenvalue weighted by molar-refractivity contribution is 6.34. The Hall–Kier alpha value is -1.36. The Bertz CT molecular complexity index is 631. The maximum atomic E-state index is 12.3. The van der Waals surface area contributed by atoms with Gasteiger partial charge in [0.25, 0.3) is 5.91 Å². The average Bonchev–Trinajstić information content (AvgIpc) is 2.43. The minimum Gasteiger partial charge on any atom is -0.336 e. The average molecular weight is 331 g/mol. The molecular weight excluding hydrogens is 321 g/mol. The summed E-state index contributed by atoms with van der Waals surface area (Å²) in [7, 11) is 1.65. The van der Waals surface area contributed by atoms with Crippen LogP contribution in [0.25, 0.3) is 0 Å². The van der Waals surface area contributed by atoms with Gasteiger partial charge >= 0.3 is 0 Å². The first-order valence-corrected chi connectivity index (χ1v) is 6.78. The van der Waals surface area contributed by atoms with Crippen molar-refractivity contribution in [3.63, 3.8) is 0 Å². The third-order valence-electron chi connectivity index (χ3n) is 2.57. The van der Waals surface area contributed by atoms with Crippen LogP contribution in [0, 0.1) is 0 Å². The zero-order valence-electron chi connectivity index (χ0n) is 10.5. The molecule has 104 valence electrons. The number of aromatic nitrogens is 2. The molecule has 1 amide bonds. The highest BCUT2D eigenvalue weighted by atomic mass is 35.5. The number of pyridine rings is 2. The summed E-state index contributed by atoms with van der Waals surface area (Å²) in [5.41, 5.74) is 0.979. The van der Waals surface area contributed by atoms with E-state index in [0.29, 0.717) is 11.7 Å². The molecule has 0 radical (unpaired) electrons. The molecule has 2 heterocycles. The van der Waals surface area contributed by atoms with Gasteiger partial charge in [-0.2, -0.15) is 0 Å². The minimum absolute atomic E-state index is 0.128. The smallest absolute Gasteiger partial charge is 0.274 e. The third-order valence-corrected chi connectivity index (χ3v) is 3.31. The summed E-state index contributed by atoms with van der Waals surface area (Å²) in [5.74, 6) is -0.313. The van der Waals surface area contributed by atoms with E-state index >= 15 is 0 Å². The second kappa shape index (κ2) is 6.39. The molecule has 0 saturated carbocycles. The molecule has 2 aromatic rings. The van der Waals surface area contributed by atoms with Crippen molar-refractivity contribution >= 4 is 40.7 Å². The van der Waals surface area contributed by atoms with Crippen LogP contribution in [-0.2, 0) is 6.54 Å². The van der Waals surface area contributed by atoms with Gasteiger partial charge in [-0.1, -0.05) is 40.9 Å². The van der Waals surface area contributed by atoms with Crippen LogP contribution < -0.4 is 0 Å². The lowest BCUT2D eigenvalue weighted by Crippen LogP contribution is -2.27. The fourth-order valence-corrected chi connectivity index (χ4v) is 2.04. The van der Waals surface area contributed by atoms with Gasteiger partial charge in [-0.15, -0.1) is 0 Å². The maximum Gasteiger partial charge on any atom is 0.274 e. The van der Waals surface area contributed by atoms with Crippen molar-refractivity contribution in [2.45, 2.75) is 6.54 Å². The molecule has 0 aromatic carbocycles. The number of rotatable bonds is 3. The number of nitrogens with zero attached hydrogens (tertiary/aromatic N) is 3. The summed E-state index contributed by atoms with van der Waals surface area (Å²) >= 11 is 17.4. The summed E-state index contributed by atoms with van der Waals surface area (Å²) in [5, 5.41) is 0.891. The van der Waals surface area contributed by atoms with E-state index in [-0.39, 0.29) is 21.8 Å². The van der Waals surface area contributed by atoms with Gasteiger partial charge in [0.15, 0.2) is 0 Å². The predicted molar refractivity (Wildman–Crippen MR) is 79.3 cm³/mol. The van der Waals surface area contributed by atoms with Crippen molar-refractivity contribution in [1.82, 2.24) is 14.9 Å². The first-order chi connectivity index (χ1) is 9.47. The van der Waals surface area contributed by atoms with E-state index in [1.807, 2.05) is 0 Å². The molecule has 0 saturated heterocycles. The normalized spacial score (nSPS) is 10.4. The monoisotopic (exact) mass is 329 g/mol. The Kier molecular flexibility index (Phi) is 4.81. The van der Waals surface area contributed by atoms with Gasteiger partial charge in [-0.3, -0.25) is 4.79 Å². The van der Waals surface area contributed by atoms with Crippen molar-refractivity contribution in [2.75, 3.05) is 7.05 Å². The molecule has 4 nitrogen and oxygen atoms in total. The van der Waals surface area contributed by atoms with E-state index in [1.54, 1.807) is 31.4 Å². The molecule has 0 atom stereocenters. The number of carbonyl (C=O) groups is 1. The molecule has 20 heavy (non-hydrogen) atoms. The van der Waals surface area contributed by atoms with Gasteiger partial charge < -0.3 is 4.90 Å². The second-order valence-electron chi connectivity index (χ2n) is 4.11. The van der Waals surface area contributed by atoms with Gasteiger partial charge in [0.1, 0.15) is 16.0 Å². The van der Waals surface area contributed by atoms with Crippen molar-refractivity contribution in [3.8, 4) is 0 Å². The maximum absolute atomic E-state index is 12.3. The predicted octanol–water partition coefficient (Wildman–Crippen LogP) is 3.71. The Morgan fingerprint density at radius 1 is 1.15 bits per heavy atom. The molecule has 0 aliphatic carbocycles. The molecule has 0 spiro atoms. The Morgan fingerprint density at radius 3 is 2.50 bits per heavy atom. The fourth-order valence-electron chi connectivity index (χ4n) is 1.59. The van der Waals surface area contributed by atoms with E-state index < -0.39 is 0 Å². The van der Waals surface area contributed by atoms with Crippen molar-refractivity contribution < 1.29 is 4.79 Å². The standard InChI is InChI=1S/C13H10Cl3N3O/c1-19(7-8-2-4-10(15)17-6-8)13(20)12-9(14)3-5-11(16)18-12/h2-6H,7H2,1H3. The highest BCUT2D eigenvalue weighted by Crippen LogP contribution is 2.19. The molecule has 0 bridgehead atoms. The lowest BCUT2D eigenvalue weighted by Gasteiger charge is -2.17. The highest BCUT2D eigenvalue weighted by Gasteiger charge is 2.17. The summed E-state index contributed by atoms with van der Waals surface area (Å²) in [6.45, 7) is 0.369. The van der Waals surface area contributed by atoms with Crippen molar-refractivity contribution in [2.24, 2.45) is 0 Å². The van der Waals surface area contributed by atoms with Crippen LogP contribution in [0.15, 0.2) is 30.5 Å². The molecular formula is C13H10Cl3N3O. The third kappa shape index (κ3) is 3.60. The van der Waals surface area contributed by atoms with Crippen molar-refractivity contribution in [3.05, 3.63) is 57.0 Å². The summed E-state index contributed by atoms with van der Waals surface area (Å²) in [6.07, 6.45) is 1.61. The topological polar surface area (TPSA) is 46.1 Å². The van der Waals surface area contributed by atoms with E-state index in [1.165, 1.54) is 11.0 Å². The van der Waals surface area contributed by atoms with Gasteiger partial charge in [0.05, 0.1) is 5.02 Å². The van der Waals surface area contributed by atoms with Crippen LogP contribution >= 0.6 is 34.8 Å². The zero-order chi connectivity index (χ0) is 14.7. The number of carbonyl (C=O) groups excluding carboxylic acids is 1. The van der Waals surface area contributed by atoms with E-state index in [0.717, 1.165) is 5.56 Å². The second-order valence-corrected chi connectivity index (χ2v) is 5.30. The van der Waals surface area contributed by atoms with Crippen LogP contribution in [0.3, 0.4) is 0 Å². The quantitative estimate of drug-likeness (QED) is 0.806. The number of amides is 1. The number of hydrogen-bond acceptors (Lipinski definition) is 3. The minimum atomic E-state index is -0.313. The SMILES string of the molecule is CN(Cc1ccc(Cl)nc1)C(=O)c1nc(Cl)ccc1Cl. The first kappa shape index (κ1) is 15.0. The fraction of sp³-hybridized carbons (Fsp3) is 0.154. The van der Waals surface area contributed by atoms with Gasteiger partial charge in [0.2, 0.25) is 0 Å².